The Bertz CT molecular complexity index is 757. The van der Waals surface area contributed by atoms with Crippen LogP contribution in [-0.4, -0.2) is 42.1 Å². The molecule has 0 unspecified atom stereocenters. The maximum absolute atomic E-state index is 12.5. The smallest absolute Gasteiger partial charge is 0.249 e. The van der Waals surface area contributed by atoms with Crippen molar-refractivity contribution in [1.82, 2.24) is 15.5 Å². The van der Waals surface area contributed by atoms with Gasteiger partial charge in [0.2, 0.25) is 16.9 Å². The first-order chi connectivity index (χ1) is 12.3. The number of benzene rings is 1. The average molecular weight is 375 g/mol. The summed E-state index contributed by atoms with van der Waals surface area (Å²) in [6.45, 7) is 5.31. The van der Waals surface area contributed by atoms with Crippen molar-refractivity contribution in [3.05, 3.63) is 24.3 Å². The maximum atomic E-state index is 12.5. The third kappa shape index (κ3) is 5.01. The molecule has 2 aromatic rings. The molecule has 7 nitrogen and oxygen atoms in total. The number of nitrogens with one attached hydrogen (secondary N) is 2. The summed E-state index contributed by atoms with van der Waals surface area (Å²) < 4.78 is 0. The lowest BCUT2D eigenvalue weighted by Gasteiger charge is -2.22. The van der Waals surface area contributed by atoms with Gasteiger partial charge in [-0.3, -0.25) is 14.9 Å². The Morgan fingerprint density at radius 3 is 2.38 bits per heavy atom. The van der Waals surface area contributed by atoms with Crippen LogP contribution in [0.25, 0.3) is 10.6 Å². The van der Waals surface area contributed by atoms with Crippen LogP contribution >= 0.6 is 11.3 Å². The fourth-order valence-electron chi connectivity index (χ4n) is 2.40. The minimum atomic E-state index is -0.593. The third-order valence-corrected chi connectivity index (χ3v) is 5.03. The number of hydrogen-bond acceptors (Lipinski definition) is 6. The molecule has 0 spiro atoms. The highest BCUT2D eigenvalue weighted by Crippen LogP contribution is 2.28. The predicted octanol–water partition coefficient (Wildman–Crippen LogP) is 2.76. The topological polar surface area (TPSA) is 87.2 Å². The van der Waals surface area contributed by atoms with E-state index in [-0.39, 0.29) is 17.7 Å². The van der Waals surface area contributed by atoms with Crippen LogP contribution in [0.1, 0.15) is 27.2 Å². The monoisotopic (exact) mass is 375 g/mol. The van der Waals surface area contributed by atoms with E-state index in [4.69, 9.17) is 0 Å². The molecule has 2 rings (SSSR count). The molecular weight excluding hydrogens is 350 g/mol. The molecule has 0 fully saturated rings. The number of aromatic nitrogens is 2. The van der Waals surface area contributed by atoms with E-state index in [0.29, 0.717) is 5.13 Å². The summed E-state index contributed by atoms with van der Waals surface area (Å²) in [4.78, 5) is 25.9. The second-order valence-electron chi connectivity index (χ2n) is 6.41. The molecule has 140 valence electrons. The Hall–Kier alpha value is -2.48. The molecule has 0 saturated heterocycles. The van der Waals surface area contributed by atoms with Crippen LogP contribution in [0.2, 0.25) is 0 Å². The Balaban J connectivity index is 2.11. The molecule has 1 aromatic heterocycles. The van der Waals surface area contributed by atoms with E-state index in [0.717, 1.165) is 22.7 Å². The Kier molecular flexibility index (Phi) is 6.68. The number of anilines is 2. The Morgan fingerprint density at radius 1 is 1.19 bits per heavy atom. The SMILES string of the molecule is CC[C@H](C)[C@H](NC(C)=O)C(=O)Nc1nnc(-c2ccc(N(C)C)cc2)s1. The Morgan fingerprint density at radius 2 is 1.85 bits per heavy atom. The summed E-state index contributed by atoms with van der Waals surface area (Å²) in [6, 6.07) is 7.36. The van der Waals surface area contributed by atoms with Gasteiger partial charge in [-0.05, 0) is 30.2 Å². The summed E-state index contributed by atoms with van der Waals surface area (Å²) >= 11 is 1.30. The molecule has 2 amide bonds. The van der Waals surface area contributed by atoms with E-state index < -0.39 is 6.04 Å². The summed E-state index contributed by atoms with van der Waals surface area (Å²) in [7, 11) is 3.97. The lowest BCUT2D eigenvalue weighted by Crippen LogP contribution is -2.46. The fraction of sp³-hybridized carbons (Fsp3) is 0.444. The van der Waals surface area contributed by atoms with Crippen LogP contribution < -0.4 is 15.5 Å². The van der Waals surface area contributed by atoms with Gasteiger partial charge in [0.15, 0.2) is 0 Å². The number of nitrogens with zero attached hydrogens (tertiary/aromatic N) is 3. The molecular formula is C18H25N5O2S. The number of rotatable bonds is 7. The number of amides is 2. The largest absolute Gasteiger partial charge is 0.378 e. The molecule has 26 heavy (non-hydrogen) atoms. The molecule has 2 N–H and O–H groups in total. The summed E-state index contributed by atoms with van der Waals surface area (Å²) in [5, 5.41) is 14.8. The molecule has 2 atom stereocenters. The fourth-order valence-corrected chi connectivity index (χ4v) is 3.15. The standard InChI is InChI=1S/C18H25N5O2S/c1-6-11(2)15(19-12(3)24)16(25)20-18-22-21-17(26-18)13-7-9-14(10-8-13)23(4)5/h7-11,15H,6H2,1-5H3,(H,19,24)(H,20,22,25)/t11-,15-/m0/s1. The van der Waals surface area contributed by atoms with Crippen molar-refractivity contribution in [2.24, 2.45) is 5.92 Å². The van der Waals surface area contributed by atoms with E-state index in [2.05, 4.69) is 20.8 Å². The van der Waals surface area contributed by atoms with E-state index in [9.17, 15) is 9.59 Å². The number of carbonyl (C=O) groups is 2. The van der Waals surface area contributed by atoms with E-state index in [1.165, 1.54) is 18.3 Å². The van der Waals surface area contributed by atoms with Gasteiger partial charge >= 0.3 is 0 Å². The highest BCUT2D eigenvalue weighted by atomic mass is 32.1. The second-order valence-corrected chi connectivity index (χ2v) is 7.38. The zero-order valence-corrected chi connectivity index (χ0v) is 16.6. The lowest BCUT2D eigenvalue weighted by molar-refractivity contribution is -0.126. The first-order valence-corrected chi connectivity index (χ1v) is 9.32. The lowest BCUT2D eigenvalue weighted by atomic mass is 9.98. The Labute approximate surface area is 157 Å². The van der Waals surface area contributed by atoms with Gasteiger partial charge in [-0.15, -0.1) is 10.2 Å². The van der Waals surface area contributed by atoms with Gasteiger partial charge < -0.3 is 10.2 Å². The van der Waals surface area contributed by atoms with Crippen molar-refractivity contribution >= 4 is 34.0 Å². The van der Waals surface area contributed by atoms with Crippen molar-refractivity contribution in [1.29, 1.82) is 0 Å². The average Bonchev–Trinajstić information content (AvgIpc) is 3.07. The minimum absolute atomic E-state index is 0.0184. The highest BCUT2D eigenvalue weighted by Gasteiger charge is 2.25. The van der Waals surface area contributed by atoms with Crippen molar-refractivity contribution < 1.29 is 9.59 Å². The molecule has 0 radical (unpaired) electrons. The van der Waals surface area contributed by atoms with Crippen LogP contribution in [-0.2, 0) is 9.59 Å². The van der Waals surface area contributed by atoms with Crippen molar-refractivity contribution in [3.63, 3.8) is 0 Å². The minimum Gasteiger partial charge on any atom is -0.378 e. The van der Waals surface area contributed by atoms with Crippen LogP contribution in [0.3, 0.4) is 0 Å². The van der Waals surface area contributed by atoms with Crippen LogP contribution in [0.5, 0.6) is 0 Å². The van der Waals surface area contributed by atoms with Gasteiger partial charge in [-0.25, -0.2) is 0 Å². The van der Waals surface area contributed by atoms with E-state index in [1.807, 2.05) is 57.1 Å². The molecule has 0 saturated carbocycles. The maximum Gasteiger partial charge on any atom is 0.249 e. The number of carbonyl (C=O) groups excluding carboxylic acids is 2. The van der Waals surface area contributed by atoms with E-state index >= 15 is 0 Å². The van der Waals surface area contributed by atoms with Crippen molar-refractivity contribution in [3.8, 4) is 10.6 Å². The first-order valence-electron chi connectivity index (χ1n) is 8.51. The van der Waals surface area contributed by atoms with Crippen LogP contribution in [0.4, 0.5) is 10.8 Å². The van der Waals surface area contributed by atoms with Crippen LogP contribution in [0.15, 0.2) is 24.3 Å². The van der Waals surface area contributed by atoms with Gasteiger partial charge in [0.25, 0.3) is 0 Å². The summed E-state index contributed by atoms with van der Waals surface area (Å²) in [5.74, 6) is -0.491. The van der Waals surface area contributed by atoms with Gasteiger partial charge in [-0.1, -0.05) is 31.6 Å². The van der Waals surface area contributed by atoms with Crippen molar-refractivity contribution in [2.75, 3.05) is 24.3 Å². The van der Waals surface area contributed by atoms with Crippen molar-refractivity contribution in [2.45, 2.75) is 33.2 Å². The van der Waals surface area contributed by atoms with Gasteiger partial charge in [0.05, 0.1) is 0 Å². The molecule has 1 aromatic carbocycles. The molecule has 1 heterocycles. The van der Waals surface area contributed by atoms with Gasteiger partial charge in [0.1, 0.15) is 11.0 Å². The molecule has 0 aliphatic rings. The molecule has 0 aliphatic heterocycles. The quantitative estimate of drug-likeness (QED) is 0.777. The zero-order valence-electron chi connectivity index (χ0n) is 15.7. The summed E-state index contributed by atoms with van der Waals surface area (Å²) in [6.07, 6.45) is 0.776. The normalized spacial score (nSPS) is 13.0. The highest BCUT2D eigenvalue weighted by molar-refractivity contribution is 7.18. The summed E-state index contributed by atoms with van der Waals surface area (Å²) in [5.41, 5.74) is 2.03. The van der Waals surface area contributed by atoms with Gasteiger partial charge in [-0.2, -0.15) is 0 Å². The predicted molar refractivity (Wildman–Crippen MR) is 105 cm³/mol. The van der Waals surface area contributed by atoms with E-state index in [1.54, 1.807) is 0 Å². The third-order valence-electron chi connectivity index (χ3n) is 4.14. The second kappa shape index (κ2) is 8.75. The molecule has 8 heteroatoms. The van der Waals surface area contributed by atoms with Crippen LogP contribution in [0, 0.1) is 5.92 Å². The number of hydrogen-bond donors (Lipinski definition) is 2. The molecule has 0 aliphatic carbocycles. The van der Waals surface area contributed by atoms with Gasteiger partial charge in [0, 0.05) is 32.3 Å². The zero-order chi connectivity index (χ0) is 19.3. The first kappa shape index (κ1) is 19.8. The molecule has 0 bridgehead atoms.